The van der Waals surface area contributed by atoms with Gasteiger partial charge in [-0.3, -0.25) is 4.98 Å². The number of pyridine rings is 1. The zero-order chi connectivity index (χ0) is 17.7. The Kier molecular flexibility index (Phi) is 3.28. The van der Waals surface area contributed by atoms with Crippen LogP contribution in [0.25, 0.3) is 33.1 Å². The maximum atomic E-state index is 6.29. The molecule has 5 rings (SSSR count). The third kappa shape index (κ3) is 2.20. The van der Waals surface area contributed by atoms with Gasteiger partial charge in [0.15, 0.2) is 0 Å². The molecule has 2 N–H and O–H groups in total. The van der Waals surface area contributed by atoms with Gasteiger partial charge in [0.05, 0.1) is 10.9 Å². The van der Waals surface area contributed by atoms with Crippen LogP contribution in [0.3, 0.4) is 0 Å². The molecule has 0 bridgehead atoms. The second kappa shape index (κ2) is 5.66. The van der Waals surface area contributed by atoms with Crippen molar-refractivity contribution in [1.29, 1.82) is 0 Å². The number of nitrogens with zero attached hydrogens (tertiary/aromatic N) is 4. The van der Waals surface area contributed by atoms with E-state index in [4.69, 9.17) is 5.73 Å². The van der Waals surface area contributed by atoms with Crippen molar-refractivity contribution in [3.8, 4) is 11.1 Å². The molecule has 0 spiro atoms. The van der Waals surface area contributed by atoms with E-state index < -0.39 is 0 Å². The first-order valence-corrected chi connectivity index (χ1v) is 8.86. The Bertz CT molecular complexity index is 1170. The van der Waals surface area contributed by atoms with Gasteiger partial charge >= 0.3 is 0 Å². The van der Waals surface area contributed by atoms with E-state index in [1.54, 1.807) is 6.33 Å². The lowest BCUT2D eigenvalue weighted by atomic mass is 9.99. The summed E-state index contributed by atoms with van der Waals surface area (Å²) in [4.78, 5) is 13.5. The SMILES string of the molecule is C=C1CCCn2c(c(-c3cnc4ccccc4c3)c3c(N)ncnc32)C1. The molecule has 0 saturated heterocycles. The van der Waals surface area contributed by atoms with Crippen LogP contribution in [0.1, 0.15) is 18.5 Å². The highest BCUT2D eigenvalue weighted by molar-refractivity contribution is 6.03. The molecule has 0 amide bonds. The molecule has 1 aromatic carbocycles. The van der Waals surface area contributed by atoms with Crippen molar-refractivity contribution in [2.24, 2.45) is 0 Å². The Balaban J connectivity index is 1.87. The summed E-state index contributed by atoms with van der Waals surface area (Å²) in [6.45, 7) is 5.17. The van der Waals surface area contributed by atoms with Gasteiger partial charge in [-0.05, 0) is 25.0 Å². The number of hydrogen-bond donors (Lipinski definition) is 1. The fourth-order valence-corrected chi connectivity index (χ4v) is 4.00. The minimum atomic E-state index is 0.518. The summed E-state index contributed by atoms with van der Waals surface area (Å²) >= 11 is 0. The Labute approximate surface area is 151 Å². The van der Waals surface area contributed by atoms with Crippen molar-refractivity contribution < 1.29 is 0 Å². The standard InChI is InChI=1S/C21H19N5/c1-13-5-4-8-26-17(9-13)18(19-20(22)24-12-25-21(19)26)15-10-14-6-2-3-7-16(14)23-11-15/h2-3,6-7,10-12H,1,4-5,8-9H2,(H2,22,24,25). The molecule has 0 fully saturated rings. The van der Waals surface area contributed by atoms with Crippen LogP contribution in [0.2, 0.25) is 0 Å². The topological polar surface area (TPSA) is 69.6 Å². The van der Waals surface area contributed by atoms with Crippen molar-refractivity contribution in [3.05, 3.63) is 60.7 Å². The predicted molar refractivity (Wildman–Crippen MR) is 105 cm³/mol. The summed E-state index contributed by atoms with van der Waals surface area (Å²) in [6, 6.07) is 10.3. The van der Waals surface area contributed by atoms with Crippen LogP contribution in [-0.2, 0) is 13.0 Å². The molecule has 0 saturated carbocycles. The number of aromatic nitrogens is 4. The molecule has 0 unspecified atom stereocenters. The third-order valence-corrected chi connectivity index (χ3v) is 5.19. The van der Waals surface area contributed by atoms with Gasteiger partial charge in [-0.1, -0.05) is 30.4 Å². The maximum absolute atomic E-state index is 6.29. The van der Waals surface area contributed by atoms with Gasteiger partial charge in [-0.2, -0.15) is 0 Å². The van der Waals surface area contributed by atoms with Crippen LogP contribution in [-0.4, -0.2) is 19.5 Å². The van der Waals surface area contributed by atoms with Crippen molar-refractivity contribution in [2.45, 2.75) is 25.8 Å². The lowest BCUT2D eigenvalue weighted by Gasteiger charge is -2.09. The van der Waals surface area contributed by atoms with Crippen LogP contribution in [0.5, 0.6) is 0 Å². The van der Waals surface area contributed by atoms with Crippen LogP contribution < -0.4 is 5.73 Å². The first kappa shape index (κ1) is 15.1. The first-order valence-electron chi connectivity index (χ1n) is 8.86. The zero-order valence-corrected chi connectivity index (χ0v) is 14.4. The molecule has 5 nitrogen and oxygen atoms in total. The molecule has 0 atom stereocenters. The number of fused-ring (bicyclic) bond motifs is 4. The van der Waals surface area contributed by atoms with Gasteiger partial charge in [0, 0.05) is 41.4 Å². The number of anilines is 1. The highest BCUT2D eigenvalue weighted by atomic mass is 15.1. The van der Waals surface area contributed by atoms with Crippen LogP contribution >= 0.6 is 0 Å². The number of hydrogen-bond acceptors (Lipinski definition) is 4. The van der Waals surface area contributed by atoms with Crippen LogP contribution in [0, 0.1) is 0 Å². The Morgan fingerprint density at radius 2 is 2.00 bits per heavy atom. The highest BCUT2D eigenvalue weighted by Gasteiger charge is 2.24. The van der Waals surface area contributed by atoms with Crippen LogP contribution in [0.4, 0.5) is 5.82 Å². The van der Waals surface area contributed by atoms with E-state index in [-0.39, 0.29) is 0 Å². The van der Waals surface area contributed by atoms with E-state index in [1.807, 2.05) is 24.4 Å². The summed E-state index contributed by atoms with van der Waals surface area (Å²) in [5.41, 5.74) is 12.8. The number of allylic oxidation sites excluding steroid dienone is 1. The lowest BCUT2D eigenvalue weighted by Crippen LogP contribution is -2.02. The molecule has 1 aliphatic heterocycles. The number of aryl methyl sites for hydroxylation is 1. The van der Waals surface area contributed by atoms with Gasteiger partial charge < -0.3 is 10.3 Å². The Hall–Kier alpha value is -3.21. The average molecular weight is 341 g/mol. The smallest absolute Gasteiger partial charge is 0.146 e. The van der Waals surface area contributed by atoms with Gasteiger partial charge in [0.1, 0.15) is 17.8 Å². The molecule has 4 aromatic rings. The lowest BCUT2D eigenvalue weighted by molar-refractivity contribution is 0.669. The molecule has 1 aliphatic rings. The Morgan fingerprint density at radius 3 is 2.92 bits per heavy atom. The van der Waals surface area contributed by atoms with Crippen molar-refractivity contribution >= 4 is 27.8 Å². The van der Waals surface area contributed by atoms with E-state index >= 15 is 0 Å². The number of rotatable bonds is 1. The molecule has 26 heavy (non-hydrogen) atoms. The number of para-hydroxylation sites is 1. The van der Waals surface area contributed by atoms with Gasteiger partial charge in [-0.25, -0.2) is 9.97 Å². The molecule has 3 aromatic heterocycles. The monoisotopic (exact) mass is 341 g/mol. The summed E-state index contributed by atoms with van der Waals surface area (Å²) in [7, 11) is 0. The summed E-state index contributed by atoms with van der Waals surface area (Å²) in [5.74, 6) is 0.518. The predicted octanol–water partition coefficient (Wildman–Crippen LogP) is 4.12. The van der Waals surface area contributed by atoms with E-state index in [2.05, 4.69) is 38.2 Å². The summed E-state index contributed by atoms with van der Waals surface area (Å²) in [6.07, 6.45) is 6.41. The second-order valence-corrected chi connectivity index (χ2v) is 6.88. The fourth-order valence-electron chi connectivity index (χ4n) is 4.00. The minimum absolute atomic E-state index is 0.518. The molecule has 128 valence electrons. The average Bonchev–Trinajstić information content (AvgIpc) is 2.83. The largest absolute Gasteiger partial charge is 0.383 e. The number of nitrogens with two attached hydrogens (primary N) is 1. The van der Waals surface area contributed by atoms with Gasteiger partial charge in [0.25, 0.3) is 0 Å². The fraction of sp³-hybridized carbons (Fsp3) is 0.190. The molecular weight excluding hydrogens is 322 g/mol. The summed E-state index contributed by atoms with van der Waals surface area (Å²) < 4.78 is 2.29. The van der Waals surface area contributed by atoms with E-state index in [1.165, 1.54) is 11.3 Å². The quantitative estimate of drug-likeness (QED) is 0.529. The van der Waals surface area contributed by atoms with Crippen molar-refractivity contribution in [3.63, 3.8) is 0 Å². The third-order valence-electron chi connectivity index (χ3n) is 5.19. The molecule has 5 heteroatoms. The number of nitrogen functional groups attached to an aromatic ring is 1. The molecule has 0 aliphatic carbocycles. The number of benzene rings is 1. The van der Waals surface area contributed by atoms with E-state index in [9.17, 15) is 0 Å². The van der Waals surface area contributed by atoms with Crippen LogP contribution in [0.15, 0.2) is 55.0 Å². The molecule has 0 radical (unpaired) electrons. The van der Waals surface area contributed by atoms with Gasteiger partial charge in [0.2, 0.25) is 0 Å². The van der Waals surface area contributed by atoms with Gasteiger partial charge in [-0.15, -0.1) is 0 Å². The Morgan fingerprint density at radius 1 is 1.12 bits per heavy atom. The molecule has 4 heterocycles. The minimum Gasteiger partial charge on any atom is -0.383 e. The molecular formula is C21H19N5. The van der Waals surface area contributed by atoms with E-state index in [0.29, 0.717) is 5.82 Å². The van der Waals surface area contributed by atoms with Crippen molar-refractivity contribution in [2.75, 3.05) is 5.73 Å². The maximum Gasteiger partial charge on any atom is 0.146 e. The zero-order valence-electron chi connectivity index (χ0n) is 14.4. The van der Waals surface area contributed by atoms with E-state index in [0.717, 1.165) is 58.9 Å². The second-order valence-electron chi connectivity index (χ2n) is 6.88. The first-order chi connectivity index (χ1) is 12.7. The highest BCUT2D eigenvalue weighted by Crippen LogP contribution is 2.39. The van der Waals surface area contributed by atoms with Crippen molar-refractivity contribution in [1.82, 2.24) is 19.5 Å². The summed E-state index contributed by atoms with van der Waals surface area (Å²) in [5, 5.41) is 2.04. The normalized spacial score (nSPS) is 14.5.